The minimum Gasteiger partial charge on any atom is -0.468 e. The maximum atomic E-state index is 13.7. The molecule has 0 spiro atoms. The minimum absolute atomic E-state index is 0.0488. The summed E-state index contributed by atoms with van der Waals surface area (Å²) in [5.41, 5.74) is 5.30. The molecule has 2 amide bonds. The van der Waals surface area contributed by atoms with Gasteiger partial charge >= 0.3 is 11.9 Å². The van der Waals surface area contributed by atoms with E-state index >= 15 is 0 Å². The highest BCUT2D eigenvalue weighted by Gasteiger charge is 2.54. The number of aliphatic hydroxyl groups is 1. The van der Waals surface area contributed by atoms with Crippen LogP contribution in [0.15, 0.2) is 24.3 Å². The van der Waals surface area contributed by atoms with E-state index in [0.717, 1.165) is 12.8 Å². The second-order valence-electron chi connectivity index (χ2n) is 11.4. The minimum atomic E-state index is -1.68. The lowest BCUT2D eigenvalue weighted by atomic mass is 9.76. The zero-order valence-corrected chi connectivity index (χ0v) is 24.1. The molecule has 1 aliphatic heterocycles. The van der Waals surface area contributed by atoms with Crippen molar-refractivity contribution < 1.29 is 33.8 Å². The molecule has 0 fully saturated rings. The predicted molar refractivity (Wildman–Crippen MR) is 148 cm³/mol. The van der Waals surface area contributed by atoms with Crippen LogP contribution in [-0.2, 0) is 35.1 Å². The Morgan fingerprint density at radius 2 is 1.77 bits per heavy atom. The fraction of sp³-hybridized carbons (Fsp3) is 0.655. The Kier molecular flexibility index (Phi) is 11.5. The van der Waals surface area contributed by atoms with Crippen molar-refractivity contribution in [3.8, 4) is 0 Å². The molecular formula is C29H45N3O7. The molecule has 0 aromatic heterocycles. The smallest absolute Gasteiger partial charge is 0.325 e. The Hall–Kier alpha value is -2.98. The van der Waals surface area contributed by atoms with Crippen LogP contribution in [0.4, 0.5) is 5.69 Å². The molecule has 10 nitrogen and oxygen atoms in total. The van der Waals surface area contributed by atoms with Crippen molar-refractivity contribution in [2.75, 3.05) is 32.2 Å². The summed E-state index contributed by atoms with van der Waals surface area (Å²) in [6.45, 7) is 7.95. The van der Waals surface area contributed by atoms with E-state index in [-0.39, 0.29) is 37.6 Å². The summed E-state index contributed by atoms with van der Waals surface area (Å²) < 4.78 is 9.93. The molecule has 10 heteroatoms. The van der Waals surface area contributed by atoms with Crippen molar-refractivity contribution in [2.45, 2.75) is 78.4 Å². The molecule has 4 N–H and O–H groups in total. The van der Waals surface area contributed by atoms with Crippen molar-refractivity contribution in [1.29, 1.82) is 0 Å². The number of hydrogen-bond donors (Lipinski definition) is 3. The van der Waals surface area contributed by atoms with Gasteiger partial charge in [-0.25, -0.2) is 0 Å². The van der Waals surface area contributed by atoms with Gasteiger partial charge in [0.15, 0.2) is 5.41 Å². The number of para-hydroxylation sites is 1. The first kappa shape index (κ1) is 32.2. The second-order valence-corrected chi connectivity index (χ2v) is 11.4. The van der Waals surface area contributed by atoms with Gasteiger partial charge in [0.25, 0.3) is 0 Å². The Balaban J connectivity index is 2.16. The van der Waals surface area contributed by atoms with Crippen LogP contribution in [0.3, 0.4) is 0 Å². The molecule has 0 bridgehead atoms. The number of methoxy groups -OCH3 is 2. The molecule has 0 unspecified atom stereocenters. The molecule has 0 radical (unpaired) electrons. The van der Waals surface area contributed by atoms with Crippen molar-refractivity contribution in [1.82, 2.24) is 5.32 Å². The number of esters is 2. The molecule has 3 atom stereocenters. The van der Waals surface area contributed by atoms with Crippen LogP contribution in [0.5, 0.6) is 0 Å². The molecule has 0 saturated carbocycles. The molecule has 2 rings (SSSR count). The highest BCUT2D eigenvalue weighted by molar-refractivity contribution is 6.05. The third-order valence-electron chi connectivity index (χ3n) is 7.44. The van der Waals surface area contributed by atoms with Gasteiger partial charge in [-0.3, -0.25) is 19.2 Å². The number of unbranched alkanes of at least 4 members (excludes halogenated alkanes) is 1. The number of nitrogens with zero attached hydrogens (tertiary/aromatic N) is 1. The van der Waals surface area contributed by atoms with Gasteiger partial charge < -0.3 is 30.5 Å². The van der Waals surface area contributed by atoms with Crippen LogP contribution in [0.1, 0.15) is 65.4 Å². The molecule has 0 aliphatic carbocycles. The molecular weight excluding hydrogens is 502 g/mol. The Labute approximate surface area is 231 Å². The summed E-state index contributed by atoms with van der Waals surface area (Å²) in [7, 11) is 2.40. The van der Waals surface area contributed by atoms with E-state index in [9.17, 15) is 24.3 Å². The topological polar surface area (TPSA) is 148 Å². The fourth-order valence-electron chi connectivity index (χ4n) is 5.19. The quantitative estimate of drug-likeness (QED) is 0.194. The number of nitrogens with two attached hydrogens (primary N) is 1. The number of carbonyl (C=O) groups excluding carboxylic acids is 4. The summed E-state index contributed by atoms with van der Waals surface area (Å²) in [5, 5.41) is 13.6. The molecule has 1 aromatic carbocycles. The lowest BCUT2D eigenvalue weighted by molar-refractivity contribution is -0.168. The molecule has 39 heavy (non-hydrogen) atoms. The largest absolute Gasteiger partial charge is 0.468 e. The van der Waals surface area contributed by atoms with Crippen LogP contribution in [0.2, 0.25) is 0 Å². The van der Waals surface area contributed by atoms with Crippen molar-refractivity contribution in [3.05, 3.63) is 29.8 Å². The highest BCUT2D eigenvalue weighted by Crippen LogP contribution is 2.40. The first-order valence-corrected chi connectivity index (χ1v) is 13.6. The Morgan fingerprint density at radius 3 is 2.36 bits per heavy atom. The SMILES string of the molecule is CCCCNC(=O)[C@H](C)C[C@H](O)[C@@H](N)CC(C)(C)CC(=O)N1CC(C(=O)OC)(C(=O)OC)Cc2ccccc21. The standard InChI is InChI=1S/C29H45N3O7/c1-7-8-13-31-25(35)19(2)14-23(33)21(30)16-28(3,4)17-24(34)32-18-29(26(36)38-5,27(37)39-6)15-20-11-9-10-12-22(20)32/h9-12,19,21,23,33H,7-8,13-18,30H2,1-6H3,(H,31,35)/t19-,21+,23+/m1/s1. The zero-order valence-electron chi connectivity index (χ0n) is 24.1. The summed E-state index contributed by atoms with van der Waals surface area (Å²) in [4.78, 5) is 53.1. The van der Waals surface area contributed by atoms with Gasteiger partial charge in [-0.05, 0) is 36.3 Å². The number of hydrogen-bond acceptors (Lipinski definition) is 8. The van der Waals surface area contributed by atoms with Gasteiger partial charge in [0.1, 0.15) is 0 Å². The monoisotopic (exact) mass is 547 g/mol. The number of carbonyl (C=O) groups is 4. The summed E-state index contributed by atoms with van der Waals surface area (Å²) in [6.07, 6.45) is 1.58. The van der Waals surface area contributed by atoms with E-state index in [1.165, 1.54) is 19.1 Å². The van der Waals surface area contributed by atoms with Gasteiger partial charge in [-0.1, -0.05) is 52.3 Å². The number of anilines is 1. The van der Waals surface area contributed by atoms with E-state index < -0.39 is 40.8 Å². The molecule has 0 saturated heterocycles. The van der Waals surface area contributed by atoms with Crippen LogP contribution in [0, 0.1) is 16.7 Å². The van der Waals surface area contributed by atoms with E-state index in [1.807, 2.05) is 20.8 Å². The second kappa shape index (κ2) is 13.9. The molecule has 1 aromatic rings. The van der Waals surface area contributed by atoms with E-state index in [4.69, 9.17) is 15.2 Å². The summed E-state index contributed by atoms with van der Waals surface area (Å²) >= 11 is 0. The average Bonchev–Trinajstić information content (AvgIpc) is 2.90. The van der Waals surface area contributed by atoms with Crippen molar-refractivity contribution in [2.24, 2.45) is 22.5 Å². The maximum Gasteiger partial charge on any atom is 0.325 e. The van der Waals surface area contributed by atoms with Gasteiger partial charge in [0.05, 0.1) is 26.9 Å². The van der Waals surface area contributed by atoms with Crippen molar-refractivity contribution in [3.63, 3.8) is 0 Å². The van der Waals surface area contributed by atoms with E-state index in [0.29, 0.717) is 24.2 Å². The molecule has 1 heterocycles. The summed E-state index contributed by atoms with van der Waals surface area (Å²) in [5.74, 6) is -2.35. The molecule has 1 aliphatic rings. The number of fused-ring (bicyclic) bond motifs is 1. The lowest BCUT2D eigenvalue weighted by Gasteiger charge is -2.41. The van der Waals surface area contributed by atoms with Crippen LogP contribution in [-0.4, -0.2) is 68.3 Å². The maximum absolute atomic E-state index is 13.7. The summed E-state index contributed by atoms with van der Waals surface area (Å²) in [6, 6.07) is 6.46. The number of nitrogens with one attached hydrogen (secondary N) is 1. The van der Waals surface area contributed by atoms with Crippen molar-refractivity contribution >= 4 is 29.4 Å². The van der Waals surface area contributed by atoms with Crippen LogP contribution >= 0.6 is 0 Å². The molecule has 218 valence electrons. The van der Waals surface area contributed by atoms with Gasteiger partial charge in [0.2, 0.25) is 11.8 Å². The average molecular weight is 548 g/mol. The third-order valence-corrected chi connectivity index (χ3v) is 7.44. The first-order valence-electron chi connectivity index (χ1n) is 13.6. The highest BCUT2D eigenvalue weighted by atomic mass is 16.5. The number of rotatable bonds is 13. The van der Waals surface area contributed by atoms with E-state index in [2.05, 4.69) is 5.32 Å². The lowest BCUT2D eigenvalue weighted by Crippen LogP contribution is -2.56. The fourth-order valence-corrected chi connectivity index (χ4v) is 5.19. The number of benzene rings is 1. The predicted octanol–water partition coefficient (Wildman–Crippen LogP) is 2.35. The first-order chi connectivity index (χ1) is 18.3. The van der Waals surface area contributed by atoms with Gasteiger partial charge in [-0.15, -0.1) is 0 Å². The number of amides is 2. The zero-order chi connectivity index (χ0) is 29.4. The normalized spacial score (nSPS) is 16.9. The number of ether oxygens (including phenoxy) is 2. The van der Waals surface area contributed by atoms with Crippen LogP contribution < -0.4 is 16.0 Å². The Morgan fingerprint density at radius 1 is 1.15 bits per heavy atom. The van der Waals surface area contributed by atoms with Crippen LogP contribution in [0.25, 0.3) is 0 Å². The Bertz CT molecular complexity index is 1010. The third kappa shape index (κ3) is 8.02. The van der Waals surface area contributed by atoms with E-state index in [1.54, 1.807) is 31.2 Å². The van der Waals surface area contributed by atoms with Gasteiger partial charge in [-0.2, -0.15) is 0 Å². The van der Waals surface area contributed by atoms with Gasteiger partial charge in [0, 0.05) is 37.0 Å². The number of aliphatic hydroxyl groups excluding tert-OH is 1.